The topological polar surface area (TPSA) is 32.6 Å². The zero-order valence-electron chi connectivity index (χ0n) is 19.9. The second-order valence-corrected chi connectivity index (χ2v) is 12.5. The predicted octanol–water partition coefficient (Wildman–Crippen LogP) is 7.94. The first-order valence-corrected chi connectivity index (χ1v) is 13.0. The van der Waals surface area contributed by atoms with Crippen molar-refractivity contribution in [1.29, 1.82) is 0 Å². The van der Waals surface area contributed by atoms with Gasteiger partial charge in [-0.2, -0.15) is 0 Å². The van der Waals surface area contributed by atoms with E-state index in [1.54, 1.807) is 0 Å². The molecule has 1 N–H and O–H groups in total. The van der Waals surface area contributed by atoms with Crippen LogP contribution in [0.3, 0.4) is 0 Å². The van der Waals surface area contributed by atoms with Crippen molar-refractivity contribution in [2.45, 2.75) is 112 Å². The van der Waals surface area contributed by atoms with E-state index in [9.17, 15) is 5.21 Å². The molecule has 166 valence electrons. The molecule has 29 heavy (non-hydrogen) atoms. The number of hydrogen-bond donors (Lipinski definition) is 1. The monoisotopic (exact) mass is 401 g/mol. The second kappa shape index (κ2) is 8.19. The van der Waals surface area contributed by atoms with E-state index in [2.05, 4.69) is 39.8 Å². The third kappa shape index (κ3) is 3.59. The van der Waals surface area contributed by atoms with Gasteiger partial charge in [0.2, 0.25) is 0 Å². The van der Waals surface area contributed by atoms with Gasteiger partial charge in [0.15, 0.2) is 0 Å². The third-order valence-electron chi connectivity index (χ3n) is 10.7. The van der Waals surface area contributed by atoms with E-state index in [1.807, 2.05) is 0 Å². The molecular weight excluding hydrogens is 354 g/mol. The van der Waals surface area contributed by atoms with Crippen LogP contribution < -0.4 is 0 Å². The summed E-state index contributed by atoms with van der Waals surface area (Å²) in [6.07, 6.45) is 16.4. The zero-order valence-corrected chi connectivity index (χ0v) is 19.9. The molecule has 4 rings (SSSR count). The van der Waals surface area contributed by atoms with Crippen LogP contribution in [0.4, 0.5) is 0 Å². The first kappa shape index (κ1) is 21.7. The van der Waals surface area contributed by atoms with Crippen LogP contribution in [0.1, 0.15) is 112 Å². The molecule has 0 saturated heterocycles. The lowest BCUT2D eigenvalue weighted by atomic mass is 9.44. The minimum atomic E-state index is 0.465. The Balaban J connectivity index is 1.55. The molecule has 2 heteroatoms. The van der Waals surface area contributed by atoms with Crippen LogP contribution in [0.5, 0.6) is 0 Å². The van der Waals surface area contributed by atoms with Crippen molar-refractivity contribution < 1.29 is 5.21 Å². The Kier molecular flexibility index (Phi) is 6.13. The minimum absolute atomic E-state index is 0.465. The summed E-state index contributed by atoms with van der Waals surface area (Å²) in [5.41, 5.74) is 2.16. The lowest BCUT2D eigenvalue weighted by Crippen LogP contribution is -2.56. The molecule has 4 aliphatic carbocycles. The standard InChI is InChI=1S/C27H47NO/c1-18(2)9-8-10-19(3)21-12-13-22-25-23(14-16-27(21,22)5)26(4)15-7-6-11-20(26)17-24(25)28-29/h18-23,25,29H,6-17H2,1-5H3/b28-24+/t19-,20-,21+,22-,23+,25+,26+,27+/m1/s1. The molecule has 0 amide bonds. The lowest BCUT2D eigenvalue weighted by molar-refractivity contribution is -0.0728. The molecule has 0 aliphatic heterocycles. The van der Waals surface area contributed by atoms with E-state index >= 15 is 0 Å². The number of rotatable bonds is 5. The maximum atomic E-state index is 10.0. The summed E-state index contributed by atoms with van der Waals surface area (Å²) in [5, 5.41) is 14.0. The Morgan fingerprint density at radius 3 is 2.41 bits per heavy atom. The van der Waals surface area contributed by atoms with Crippen LogP contribution in [0.2, 0.25) is 0 Å². The molecule has 0 aromatic rings. The Labute approximate surface area is 180 Å². The van der Waals surface area contributed by atoms with Crippen molar-refractivity contribution >= 4 is 5.71 Å². The van der Waals surface area contributed by atoms with E-state index in [4.69, 9.17) is 0 Å². The smallest absolute Gasteiger partial charge is 0.0610 e. The van der Waals surface area contributed by atoms with Crippen molar-refractivity contribution in [3.8, 4) is 0 Å². The van der Waals surface area contributed by atoms with E-state index in [1.165, 1.54) is 76.3 Å². The second-order valence-electron chi connectivity index (χ2n) is 12.5. The Morgan fingerprint density at radius 2 is 1.69 bits per heavy atom. The van der Waals surface area contributed by atoms with Crippen LogP contribution in [0, 0.1) is 52.3 Å². The summed E-state index contributed by atoms with van der Waals surface area (Å²) < 4.78 is 0. The average molecular weight is 402 g/mol. The van der Waals surface area contributed by atoms with Gasteiger partial charge in [-0.3, -0.25) is 0 Å². The summed E-state index contributed by atoms with van der Waals surface area (Å²) in [7, 11) is 0. The summed E-state index contributed by atoms with van der Waals surface area (Å²) in [6.45, 7) is 12.5. The molecule has 8 atom stereocenters. The predicted molar refractivity (Wildman–Crippen MR) is 122 cm³/mol. The first-order valence-electron chi connectivity index (χ1n) is 13.0. The number of oxime groups is 1. The maximum Gasteiger partial charge on any atom is 0.0610 e. The molecule has 0 heterocycles. The van der Waals surface area contributed by atoms with Crippen molar-refractivity contribution in [2.24, 2.45) is 57.4 Å². The maximum absolute atomic E-state index is 10.0. The molecule has 2 nitrogen and oxygen atoms in total. The van der Waals surface area contributed by atoms with Gasteiger partial charge in [-0.25, -0.2) is 0 Å². The highest BCUT2D eigenvalue weighted by Crippen LogP contribution is 2.67. The molecule has 4 aliphatic rings. The molecule has 4 saturated carbocycles. The van der Waals surface area contributed by atoms with Gasteiger partial charge in [-0.05, 0) is 91.3 Å². The normalized spacial score (nSPS) is 47.0. The van der Waals surface area contributed by atoms with Crippen LogP contribution in [-0.4, -0.2) is 10.9 Å². The fourth-order valence-corrected chi connectivity index (χ4v) is 9.12. The molecule has 4 fully saturated rings. The SMILES string of the molecule is CC(C)CCC[C@@H](C)[C@@H]1CC[C@@H]2[C@@H]3/C(=N/O)C[C@H]4CCCC[C@]4(C)[C@H]3CC[C@]21C. The lowest BCUT2D eigenvalue weighted by Gasteiger charge is -2.60. The summed E-state index contributed by atoms with van der Waals surface area (Å²) in [4.78, 5) is 0. The summed E-state index contributed by atoms with van der Waals surface area (Å²) >= 11 is 0. The summed E-state index contributed by atoms with van der Waals surface area (Å²) in [6, 6.07) is 0. The first-order chi connectivity index (χ1) is 13.8. The van der Waals surface area contributed by atoms with Gasteiger partial charge in [0.05, 0.1) is 5.71 Å². The highest BCUT2D eigenvalue weighted by molar-refractivity contribution is 5.88. The molecule has 0 spiro atoms. The van der Waals surface area contributed by atoms with E-state index < -0.39 is 0 Å². The molecule has 0 aromatic carbocycles. The van der Waals surface area contributed by atoms with Gasteiger partial charge in [0, 0.05) is 5.92 Å². The number of hydrogen-bond acceptors (Lipinski definition) is 2. The minimum Gasteiger partial charge on any atom is -0.411 e. The van der Waals surface area contributed by atoms with Gasteiger partial charge in [0.1, 0.15) is 0 Å². The summed E-state index contributed by atoms with van der Waals surface area (Å²) in [5.74, 6) is 5.39. The van der Waals surface area contributed by atoms with Gasteiger partial charge in [-0.15, -0.1) is 0 Å². The molecule has 0 bridgehead atoms. The van der Waals surface area contributed by atoms with E-state index in [0.717, 1.165) is 41.9 Å². The molecule has 0 aromatic heterocycles. The molecule has 0 unspecified atom stereocenters. The average Bonchev–Trinajstić information content (AvgIpc) is 3.04. The van der Waals surface area contributed by atoms with Gasteiger partial charge in [0.25, 0.3) is 0 Å². The van der Waals surface area contributed by atoms with E-state index in [-0.39, 0.29) is 0 Å². The molecular formula is C27H47NO. The van der Waals surface area contributed by atoms with Crippen molar-refractivity contribution in [3.63, 3.8) is 0 Å². The highest BCUT2D eigenvalue weighted by Gasteiger charge is 2.62. The fraction of sp³-hybridized carbons (Fsp3) is 0.963. The van der Waals surface area contributed by atoms with Gasteiger partial charge in [-0.1, -0.05) is 71.9 Å². The Morgan fingerprint density at radius 1 is 0.931 bits per heavy atom. The zero-order chi connectivity index (χ0) is 20.8. The van der Waals surface area contributed by atoms with Crippen LogP contribution in [0.15, 0.2) is 5.16 Å². The molecule has 0 radical (unpaired) electrons. The van der Waals surface area contributed by atoms with Gasteiger partial charge >= 0.3 is 0 Å². The Bertz CT molecular complexity index is 612. The number of nitrogens with zero attached hydrogens (tertiary/aromatic N) is 1. The van der Waals surface area contributed by atoms with Crippen molar-refractivity contribution in [1.82, 2.24) is 0 Å². The Hall–Kier alpha value is -0.530. The highest BCUT2D eigenvalue weighted by atomic mass is 16.4. The largest absolute Gasteiger partial charge is 0.411 e. The van der Waals surface area contributed by atoms with Gasteiger partial charge < -0.3 is 5.21 Å². The van der Waals surface area contributed by atoms with Crippen LogP contribution in [0.25, 0.3) is 0 Å². The van der Waals surface area contributed by atoms with Crippen molar-refractivity contribution in [2.75, 3.05) is 0 Å². The van der Waals surface area contributed by atoms with E-state index in [0.29, 0.717) is 16.7 Å². The van der Waals surface area contributed by atoms with Crippen LogP contribution in [-0.2, 0) is 0 Å². The fourth-order valence-electron chi connectivity index (χ4n) is 9.12. The quantitative estimate of drug-likeness (QED) is 0.368. The number of fused-ring (bicyclic) bond motifs is 5. The van der Waals surface area contributed by atoms with Crippen molar-refractivity contribution in [3.05, 3.63) is 0 Å². The third-order valence-corrected chi connectivity index (χ3v) is 10.7. The van der Waals surface area contributed by atoms with Crippen LogP contribution >= 0.6 is 0 Å².